The number of hydrogen-bond acceptors (Lipinski definition) is 6. The minimum atomic E-state index is -3.35. The van der Waals surface area contributed by atoms with Gasteiger partial charge in [0.2, 0.25) is 0 Å². The zero-order valence-electron chi connectivity index (χ0n) is 14.9. The van der Waals surface area contributed by atoms with Crippen LogP contribution in [0.15, 0.2) is 47.1 Å². The second-order valence-corrected chi connectivity index (χ2v) is 8.91. The number of aromatic nitrogens is 2. The highest BCUT2D eigenvalue weighted by molar-refractivity contribution is 7.90. The summed E-state index contributed by atoms with van der Waals surface area (Å²) in [5.74, 6) is -1.69. The highest BCUT2D eigenvalue weighted by atomic mass is 35.5. The van der Waals surface area contributed by atoms with Gasteiger partial charge in [-0.15, -0.1) is 0 Å². The van der Waals surface area contributed by atoms with Crippen LogP contribution in [0, 0.1) is 0 Å². The fourth-order valence-electron chi connectivity index (χ4n) is 2.97. The van der Waals surface area contributed by atoms with Crippen molar-refractivity contribution in [3.05, 3.63) is 64.7 Å². The average Bonchev–Trinajstić information content (AvgIpc) is 3.36. The summed E-state index contributed by atoms with van der Waals surface area (Å²) >= 11 is 5.91. The summed E-state index contributed by atoms with van der Waals surface area (Å²) in [5, 5.41) is 9.76. The normalized spacial score (nSPS) is 14.4. The topological polar surface area (TPSA) is 123 Å². The Labute approximate surface area is 170 Å². The first-order valence-electron chi connectivity index (χ1n) is 8.51. The Bertz CT molecular complexity index is 1180. The van der Waals surface area contributed by atoms with Crippen molar-refractivity contribution in [3.8, 4) is 5.69 Å². The van der Waals surface area contributed by atoms with Gasteiger partial charge < -0.3 is 15.1 Å². The van der Waals surface area contributed by atoms with Crippen LogP contribution >= 0.6 is 11.6 Å². The van der Waals surface area contributed by atoms with Crippen LogP contribution in [0.5, 0.6) is 0 Å². The molecule has 0 unspecified atom stereocenters. The van der Waals surface area contributed by atoms with Gasteiger partial charge in [-0.2, -0.15) is 5.10 Å². The number of halogens is 1. The number of carbonyl (C=O) groups is 2. The van der Waals surface area contributed by atoms with Gasteiger partial charge in [-0.05, 0) is 36.4 Å². The van der Waals surface area contributed by atoms with E-state index in [1.807, 2.05) is 0 Å². The molecule has 0 bridgehead atoms. The minimum Gasteiger partial charge on any atom is -0.467 e. The summed E-state index contributed by atoms with van der Waals surface area (Å²) in [6.45, 7) is 0.0438. The molecule has 0 saturated heterocycles. The number of sulfone groups is 1. The molecule has 3 heterocycles. The third-order valence-electron chi connectivity index (χ3n) is 4.30. The van der Waals surface area contributed by atoms with Crippen LogP contribution < -0.4 is 10.6 Å². The highest BCUT2D eigenvalue weighted by Crippen LogP contribution is 2.33. The molecule has 11 heteroatoms. The van der Waals surface area contributed by atoms with E-state index in [0.29, 0.717) is 27.7 Å². The number of rotatable bonds is 4. The van der Waals surface area contributed by atoms with E-state index in [1.165, 1.54) is 10.9 Å². The maximum atomic E-state index is 12.4. The first kappa shape index (κ1) is 19.2. The molecule has 0 saturated carbocycles. The predicted octanol–water partition coefficient (Wildman–Crippen LogP) is 1.80. The van der Waals surface area contributed by atoms with Gasteiger partial charge in [0.15, 0.2) is 9.84 Å². The van der Waals surface area contributed by atoms with Crippen molar-refractivity contribution in [2.75, 3.05) is 5.32 Å². The van der Waals surface area contributed by atoms with Crippen molar-refractivity contribution in [1.29, 1.82) is 0 Å². The second kappa shape index (κ2) is 7.37. The van der Waals surface area contributed by atoms with Crippen LogP contribution in [-0.2, 0) is 37.5 Å². The van der Waals surface area contributed by atoms with E-state index in [4.69, 9.17) is 16.0 Å². The zero-order chi connectivity index (χ0) is 20.6. The average molecular weight is 435 g/mol. The zero-order valence-corrected chi connectivity index (χ0v) is 16.5. The van der Waals surface area contributed by atoms with E-state index in [-0.39, 0.29) is 23.9 Å². The van der Waals surface area contributed by atoms with Crippen LogP contribution in [0.25, 0.3) is 5.69 Å². The monoisotopic (exact) mass is 434 g/mol. The van der Waals surface area contributed by atoms with Crippen molar-refractivity contribution in [1.82, 2.24) is 15.1 Å². The molecule has 1 aliphatic heterocycles. The number of furan rings is 1. The van der Waals surface area contributed by atoms with E-state index in [1.54, 1.807) is 36.4 Å². The van der Waals surface area contributed by atoms with Crippen molar-refractivity contribution in [3.63, 3.8) is 0 Å². The van der Waals surface area contributed by atoms with E-state index < -0.39 is 21.7 Å². The molecule has 2 amide bonds. The van der Waals surface area contributed by atoms with E-state index in [9.17, 15) is 18.0 Å². The standard InChI is InChI=1S/C18H15ClN4O5S/c19-11-3-5-12(6-4-11)23-16(14-9-29(26,27)10-15(14)22-23)21-18(25)17(24)20-8-13-2-1-7-28-13/h1-7H,8-10H2,(H,20,24)(H,21,25). The van der Waals surface area contributed by atoms with Gasteiger partial charge in [0, 0.05) is 10.6 Å². The first-order valence-corrected chi connectivity index (χ1v) is 10.7. The fourth-order valence-corrected chi connectivity index (χ4v) is 4.58. The quantitative estimate of drug-likeness (QED) is 0.603. The van der Waals surface area contributed by atoms with Crippen molar-refractivity contribution < 1.29 is 22.4 Å². The molecule has 4 rings (SSSR count). The minimum absolute atomic E-state index is 0.0438. The summed E-state index contributed by atoms with van der Waals surface area (Å²) in [7, 11) is -3.35. The Kier molecular flexibility index (Phi) is 4.89. The number of carbonyl (C=O) groups excluding carboxylic acids is 2. The molecule has 0 atom stereocenters. The Morgan fingerprint density at radius 1 is 1.14 bits per heavy atom. The molecule has 9 nitrogen and oxygen atoms in total. The number of nitrogens with one attached hydrogen (secondary N) is 2. The summed E-state index contributed by atoms with van der Waals surface area (Å²) in [6.07, 6.45) is 1.45. The highest BCUT2D eigenvalue weighted by Gasteiger charge is 2.33. The Balaban J connectivity index is 1.60. The van der Waals surface area contributed by atoms with Gasteiger partial charge in [-0.1, -0.05) is 11.6 Å². The molecule has 0 radical (unpaired) electrons. The molecule has 150 valence electrons. The van der Waals surface area contributed by atoms with Crippen LogP contribution in [0.3, 0.4) is 0 Å². The van der Waals surface area contributed by atoms with Gasteiger partial charge in [0.1, 0.15) is 11.6 Å². The number of fused-ring (bicyclic) bond motifs is 1. The molecule has 29 heavy (non-hydrogen) atoms. The lowest BCUT2D eigenvalue weighted by molar-refractivity contribution is -0.136. The van der Waals surface area contributed by atoms with Crippen molar-refractivity contribution in [2.24, 2.45) is 0 Å². The van der Waals surface area contributed by atoms with E-state index in [2.05, 4.69) is 15.7 Å². The maximum absolute atomic E-state index is 12.4. The SMILES string of the molecule is O=C(NCc1ccco1)C(=O)Nc1c2c(nn1-c1ccc(Cl)cc1)CS(=O)(=O)C2. The summed E-state index contributed by atoms with van der Waals surface area (Å²) < 4.78 is 30.5. The van der Waals surface area contributed by atoms with Gasteiger partial charge in [-0.3, -0.25) is 9.59 Å². The number of nitrogens with zero attached hydrogens (tertiary/aromatic N) is 2. The largest absolute Gasteiger partial charge is 0.467 e. The van der Waals surface area contributed by atoms with Crippen LogP contribution in [0.2, 0.25) is 5.02 Å². The van der Waals surface area contributed by atoms with Crippen LogP contribution in [0.1, 0.15) is 17.0 Å². The van der Waals surface area contributed by atoms with Crippen LogP contribution in [-0.4, -0.2) is 30.0 Å². The molecule has 1 aliphatic rings. The van der Waals surface area contributed by atoms with E-state index in [0.717, 1.165) is 0 Å². The Hall–Kier alpha value is -3.11. The number of amides is 2. The molecule has 2 N–H and O–H groups in total. The van der Waals surface area contributed by atoms with Gasteiger partial charge >= 0.3 is 11.8 Å². The number of benzene rings is 1. The third-order valence-corrected chi connectivity index (χ3v) is 5.99. The number of anilines is 1. The number of hydrogen-bond donors (Lipinski definition) is 2. The summed E-state index contributed by atoms with van der Waals surface area (Å²) in [6, 6.07) is 9.95. The van der Waals surface area contributed by atoms with Gasteiger partial charge in [0.25, 0.3) is 0 Å². The Morgan fingerprint density at radius 2 is 1.90 bits per heavy atom. The molecular formula is C18H15ClN4O5S. The molecule has 3 aromatic rings. The smallest absolute Gasteiger partial charge is 0.314 e. The molecule has 2 aromatic heterocycles. The molecule has 0 spiro atoms. The molecule has 0 fully saturated rings. The predicted molar refractivity (Wildman–Crippen MR) is 104 cm³/mol. The van der Waals surface area contributed by atoms with Crippen molar-refractivity contribution >= 4 is 39.1 Å². The third kappa shape index (κ3) is 4.03. The lowest BCUT2D eigenvalue weighted by Crippen LogP contribution is -2.35. The summed E-state index contributed by atoms with van der Waals surface area (Å²) in [5.41, 5.74) is 1.27. The summed E-state index contributed by atoms with van der Waals surface area (Å²) in [4.78, 5) is 24.6. The van der Waals surface area contributed by atoms with Crippen LogP contribution in [0.4, 0.5) is 5.82 Å². The fraction of sp³-hybridized carbons (Fsp3) is 0.167. The van der Waals surface area contributed by atoms with Gasteiger partial charge in [-0.25, -0.2) is 13.1 Å². The van der Waals surface area contributed by atoms with E-state index >= 15 is 0 Å². The maximum Gasteiger partial charge on any atom is 0.314 e. The first-order chi connectivity index (χ1) is 13.8. The molecule has 1 aromatic carbocycles. The molecule has 0 aliphatic carbocycles. The molecular weight excluding hydrogens is 420 g/mol. The Morgan fingerprint density at radius 3 is 2.59 bits per heavy atom. The van der Waals surface area contributed by atoms with Crippen molar-refractivity contribution in [2.45, 2.75) is 18.1 Å². The van der Waals surface area contributed by atoms with Gasteiger partial charge in [0.05, 0.1) is 35.7 Å². The lowest BCUT2D eigenvalue weighted by Gasteiger charge is -2.11. The lowest BCUT2D eigenvalue weighted by atomic mass is 10.2. The second-order valence-electron chi connectivity index (χ2n) is 6.41.